The van der Waals surface area contributed by atoms with Gasteiger partial charge in [-0.15, -0.1) is 0 Å². The molecule has 2 aliphatic rings. The molecule has 1 aromatic heterocycles. The molecule has 0 atom stereocenters. The van der Waals surface area contributed by atoms with E-state index in [0.717, 1.165) is 44.6 Å². The van der Waals surface area contributed by atoms with Crippen molar-refractivity contribution in [2.45, 2.75) is 24.7 Å². The van der Waals surface area contributed by atoms with Crippen molar-refractivity contribution >= 4 is 49.8 Å². The molecule has 0 saturated heterocycles. The molecule has 52 heavy (non-hydrogen) atoms. The van der Waals surface area contributed by atoms with Crippen molar-refractivity contribution in [3.05, 3.63) is 209 Å². The first kappa shape index (κ1) is 29.4. The first-order chi connectivity index (χ1) is 25.6. The Morgan fingerprint density at radius 3 is 1.83 bits per heavy atom. The predicted molar refractivity (Wildman–Crippen MR) is 215 cm³/mol. The van der Waals surface area contributed by atoms with E-state index in [4.69, 9.17) is 4.42 Å². The molecule has 1 aliphatic heterocycles. The van der Waals surface area contributed by atoms with Gasteiger partial charge in [-0.2, -0.15) is 0 Å². The highest BCUT2D eigenvalue weighted by molar-refractivity contribution is 6.20. The van der Waals surface area contributed by atoms with Gasteiger partial charge in [-0.1, -0.05) is 153 Å². The number of hydrogen-bond acceptors (Lipinski definition) is 2. The second-order valence-electron chi connectivity index (χ2n) is 14.8. The summed E-state index contributed by atoms with van der Waals surface area (Å²) in [6, 6.07) is 64.7. The Balaban J connectivity index is 1.26. The molecule has 2 heterocycles. The summed E-state index contributed by atoms with van der Waals surface area (Å²) in [4.78, 5) is 2.49. The minimum absolute atomic E-state index is 0.109. The minimum atomic E-state index is -0.687. The number of nitrogens with zero attached hydrogens (tertiary/aromatic N) is 1. The summed E-state index contributed by atoms with van der Waals surface area (Å²) < 4.78 is 7.02. The molecule has 246 valence electrons. The third kappa shape index (κ3) is 3.74. The molecule has 2 heteroatoms. The Bertz CT molecular complexity index is 2850. The average molecular weight is 666 g/mol. The molecule has 0 amide bonds. The van der Waals surface area contributed by atoms with Gasteiger partial charge in [0.25, 0.3) is 0 Å². The quantitative estimate of drug-likeness (QED) is 0.187. The maximum atomic E-state index is 7.02. The summed E-state index contributed by atoms with van der Waals surface area (Å²) in [6.45, 7) is 4.72. The Kier molecular flexibility index (Phi) is 5.97. The summed E-state index contributed by atoms with van der Waals surface area (Å²) in [5.41, 5.74) is 14.7. The molecule has 0 radical (unpaired) electrons. The zero-order chi connectivity index (χ0) is 34.6. The molecule has 11 rings (SSSR count). The van der Waals surface area contributed by atoms with Gasteiger partial charge in [-0.05, 0) is 86.1 Å². The number of rotatable bonds is 3. The van der Waals surface area contributed by atoms with Crippen LogP contribution in [-0.2, 0) is 10.8 Å². The number of anilines is 3. The number of fused-ring (bicyclic) bond motifs is 10. The van der Waals surface area contributed by atoms with E-state index in [9.17, 15) is 0 Å². The van der Waals surface area contributed by atoms with Crippen LogP contribution in [0.2, 0.25) is 0 Å². The maximum absolute atomic E-state index is 7.02. The van der Waals surface area contributed by atoms with Crippen LogP contribution in [0, 0.1) is 0 Å². The zero-order valence-corrected chi connectivity index (χ0v) is 29.1. The smallest absolute Gasteiger partial charge is 0.140 e. The fourth-order valence-corrected chi connectivity index (χ4v) is 9.65. The second-order valence-corrected chi connectivity index (χ2v) is 14.8. The normalized spacial score (nSPS) is 15.0. The fraction of sp³-hybridized carbons (Fsp3) is 0.0800. The van der Waals surface area contributed by atoms with Crippen molar-refractivity contribution in [2.24, 2.45) is 0 Å². The van der Waals surface area contributed by atoms with Gasteiger partial charge < -0.3 is 9.32 Å². The molecule has 0 fully saturated rings. The third-order valence-electron chi connectivity index (χ3n) is 11.9. The summed E-state index contributed by atoms with van der Waals surface area (Å²) in [6.07, 6.45) is 0. The molecule has 1 aliphatic carbocycles. The van der Waals surface area contributed by atoms with E-state index in [1.165, 1.54) is 49.7 Å². The van der Waals surface area contributed by atoms with Crippen molar-refractivity contribution in [1.29, 1.82) is 0 Å². The molecular formula is C50H35NO. The van der Waals surface area contributed by atoms with Crippen molar-refractivity contribution < 1.29 is 4.42 Å². The molecule has 2 nitrogen and oxygen atoms in total. The predicted octanol–water partition coefficient (Wildman–Crippen LogP) is 13.2. The van der Waals surface area contributed by atoms with Crippen LogP contribution in [0.5, 0.6) is 0 Å². The molecule has 0 N–H and O–H groups in total. The summed E-state index contributed by atoms with van der Waals surface area (Å²) in [7, 11) is 0. The van der Waals surface area contributed by atoms with Gasteiger partial charge in [-0.25, -0.2) is 0 Å². The van der Waals surface area contributed by atoms with Crippen LogP contribution >= 0.6 is 0 Å². The first-order valence-electron chi connectivity index (χ1n) is 18.2. The number of furan rings is 1. The lowest BCUT2D eigenvalue weighted by Gasteiger charge is -2.46. The summed E-state index contributed by atoms with van der Waals surface area (Å²) in [5.74, 6) is 0. The van der Waals surface area contributed by atoms with E-state index >= 15 is 0 Å². The van der Waals surface area contributed by atoms with Crippen LogP contribution in [0.15, 0.2) is 180 Å². The van der Waals surface area contributed by atoms with Crippen LogP contribution in [0.4, 0.5) is 17.1 Å². The topological polar surface area (TPSA) is 16.4 Å². The largest absolute Gasteiger partial charge is 0.456 e. The standard InChI is InChI=1S/C50H35NO/c1-49(2)39-22-10-8-20-36(39)37-29-28-34(31-42(37)49)51-44-25-13-11-23-40(44)50(33-17-4-3-5-18-33,41-24-12-14-26-45(41)51)43-30-32-16-6-7-19-35(32)47-38-21-9-15-27-46(38)52-48(43)47/h3-31H,1-2H3. The number of hydrogen-bond donors (Lipinski definition) is 0. The Labute approximate surface area is 303 Å². The Morgan fingerprint density at radius 2 is 1.06 bits per heavy atom. The summed E-state index contributed by atoms with van der Waals surface area (Å²) in [5, 5.41) is 4.70. The number of para-hydroxylation sites is 3. The van der Waals surface area contributed by atoms with Gasteiger partial charge in [0.15, 0.2) is 0 Å². The highest BCUT2D eigenvalue weighted by Gasteiger charge is 2.48. The van der Waals surface area contributed by atoms with E-state index in [2.05, 4.69) is 195 Å². The Morgan fingerprint density at radius 1 is 0.462 bits per heavy atom. The van der Waals surface area contributed by atoms with Crippen LogP contribution < -0.4 is 4.90 Å². The van der Waals surface area contributed by atoms with Crippen molar-refractivity contribution in [2.75, 3.05) is 4.90 Å². The van der Waals surface area contributed by atoms with Gasteiger partial charge in [-0.3, -0.25) is 0 Å². The third-order valence-corrected chi connectivity index (χ3v) is 11.9. The molecule has 0 saturated carbocycles. The van der Waals surface area contributed by atoms with Crippen molar-refractivity contribution in [3.8, 4) is 11.1 Å². The highest BCUT2D eigenvalue weighted by Crippen LogP contribution is 2.60. The fourth-order valence-electron chi connectivity index (χ4n) is 9.65. The first-order valence-corrected chi connectivity index (χ1v) is 18.2. The zero-order valence-electron chi connectivity index (χ0n) is 29.1. The van der Waals surface area contributed by atoms with E-state index in [1.807, 2.05) is 0 Å². The van der Waals surface area contributed by atoms with Crippen LogP contribution in [-0.4, -0.2) is 0 Å². The van der Waals surface area contributed by atoms with Crippen molar-refractivity contribution in [1.82, 2.24) is 0 Å². The van der Waals surface area contributed by atoms with Gasteiger partial charge in [0.2, 0.25) is 0 Å². The monoisotopic (exact) mass is 665 g/mol. The van der Waals surface area contributed by atoms with Crippen LogP contribution in [0.1, 0.15) is 47.2 Å². The second kappa shape index (κ2) is 10.6. The van der Waals surface area contributed by atoms with E-state index in [1.54, 1.807) is 0 Å². The molecule has 9 aromatic rings. The molecule has 0 bridgehead atoms. The molecule has 8 aromatic carbocycles. The van der Waals surface area contributed by atoms with Gasteiger partial charge in [0, 0.05) is 27.4 Å². The van der Waals surface area contributed by atoms with E-state index in [-0.39, 0.29) is 5.41 Å². The van der Waals surface area contributed by atoms with Crippen LogP contribution in [0.25, 0.3) is 43.8 Å². The van der Waals surface area contributed by atoms with Gasteiger partial charge in [0.1, 0.15) is 11.2 Å². The van der Waals surface area contributed by atoms with Crippen molar-refractivity contribution in [3.63, 3.8) is 0 Å². The maximum Gasteiger partial charge on any atom is 0.140 e. The average Bonchev–Trinajstić information content (AvgIpc) is 3.70. The summed E-state index contributed by atoms with van der Waals surface area (Å²) >= 11 is 0. The highest BCUT2D eigenvalue weighted by atomic mass is 16.3. The molecule has 0 unspecified atom stereocenters. The lowest BCUT2D eigenvalue weighted by Crippen LogP contribution is -2.38. The van der Waals surface area contributed by atoms with E-state index in [0.29, 0.717) is 0 Å². The van der Waals surface area contributed by atoms with Gasteiger partial charge in [0.05, 0.1) is 16.8 Å². The lowest BCUT2D eigenvalue weighted by atomic mass is 9.62. The molecular weight excluding hydrogens is 631 g/mol. The van der Waals surface area contributed by atoms with E-state index < -0.39 is 5.41 Å². The van der Waals surface area contributed by atoms with Crippen LogP contribution in [0.3, 0.4) is 0 Å². The lowest BCUT2D eigenvalue weighted by molar-refractivity contribution is 0.643. The number of benzene rings is 8. The van der Waals surface area contributed by atoms with Gasteiger partial charge >= 0.3 is 0 Å². The molecule has 0 spiro atoms. The minimum Gasteiger partial charge on any atom is -0.456 e. The SMILES string of the molecule is CC1(C)c2ccccc2-c2ccc(N3c4ccccc4C(c4ccccc4)(c4cc5ccccc5c5c4oc4ccccc45)c4ccccc43)cc21. The Hall–Kier alpha value is -6.38.